The van der Waals surface area contributed by atoms with E-state index in [0.29, 0.717) is 35.0 Å². The fourth-order valence-electron chi connectivity index (χ4n) is 7.05. The molecule has 3 aromatic rings. The first-order valence-electron chi connectivity index (χ1n) is 15.4. The van der Waals surface area contributed by atoms with Gasteiger partial charge in [-0.25, -0.2) is 0 Å². The molecule has 0 amide bonds. The molecule has 0 spiro atoms. The van der Waals surface area contributed by atoms with Crippen LogP contribution in [-0.2, 0) is 26.1 Å². The molecule has 0 N–H and O–H groups in total. The van der Waals surface area contributed by atoms with Gasteiger partial charge in [0.05, 0.1) is 4.47 Å². The summed E-state index contributed by atoms with van der Waals surface area (Å²) in [5.41, 5.74) is 4.91. The van der Waals surface area contributed by atoms with Gasteiger partial charge in [-0.3, -0.25) is 9.59 Å². The largest absolute Gasteiger partial charge is 0.378 e. The van der Waals surface area contributed by atoms with Crippen LogP contribution in [0.3, 0.4) is 0 Å². The Kier molecular flexibility index (Phi) is 8.19. The highest BCUT2D eigenvalue weighted by Crippen LogP contribution is 2.54. The molecular weight excluding hydrogens is 650 g/mol. The van der Waals surface area contributed by atoms with Gasteiger partial charge in [-0.2, -0.15) is 8.42 Å². The van der Waals surface area contributed by atoms with Crippen molar-refractivity contribution in [3.8, 4) is 5.75 Å². The zero-order chi connectivity index (χ0) is 32.1. The van der Waals surface area contributed by atoms with Crippen molar-refractivity contribution in [2.24, 2.45) is 10.8 Å². The maximum Gasteiger partial charge on any atom is 0.339 e. The first-order valence-corrected chi connectivity index (χ1v) is 17.6. The van der Waals surface area contributed by atoms with Crippen molar-refractivity contribution < 1.29 is 22.2 Å². The lowest BCUT2D eigenvalue weighted by molar-refractivity contribution is -0.119. The smallest absolute Gasteiger partial charge is 0.339 e. The van der Waals surface area contributed by atoms with Gasteiger partial charge in [0.25, 0.3) is 0 Å². The van der Waals surface area contributed by atoms with Gasteiger partial charge < -0.3 is 9.08 Å². The van der Waals surface area contributed by atoms with Crippen LogP contribution in [0.25, 0.3) is 0 Å². The first-order chi connectivity index (χ1) is 21.2. The van der Waals surface area contributed by atoms with E-state index in [2.05, 4.69) is 60.7 Å². The number of Topliss-reactive ketones (excluding diaryl/α,β-unsaturated/α-hetero) is 2. The molecular formula is C37H38BrNO5S. The summed E-state index contributed by atoms with van der Waals surface area (Å²) < 4.78 is 31.9. The molecule has 0 atom stereocenters. The Balaban J connectivity index is 1.46. The Bertz CT molecular complexity index is 1790. The summed E-state index contributed by atoms with van der Waals surface area (Å²) in [6, 6.07) is 23.5. The van der Waals surface area contributed by atoms with E-state index in [-0.39, 0.29) is 33.0 Å². The van der Waals surface area contributed by atoms with Crippen LogP contribution >= 0.6 is 15.9 Å². The van der Waals surface area contributed by atoms with Crippen LogP contribution in [0.1, 0.15) is 70.4 Å². The van der Waals surface area contributed by atoms with E-state index in [1.54, 1.807) is 36.4 Å². The third-order valence-electron chi connectivity index (χ3n) is 9.01. The second-order valence-corrected chi connectivity index (χ2v) is 16.4. The highest BCUT2D eigenvalue weighted by molar-refractivity contribution is 9.10. The minimum absolute atomic E-state index is 0.0549. The van der Waals surface area contributed by atoms with Crippen LogP contribution < -0.4 is 4.18 Å². The number of ketones is 2. The zero-order valence-corrected chi connectivity index (χ0v) is 28.5. The number of allylic oxidation sites excluding steroid dienone is 4. The molecule has 3 aliphatic rings. The molecule has 0 radical (unpaired) electrons. The topological polar surface area (TPSA) is 80.8 Å². The van der Waals surface area contributed by atoms with Crippen molar-refractivity contribution in [3.63, 3.8) is 0 Å². The van der Waals surface area contributed by atoms with Crippen LogP contribution in [-0.4, -0.2) is 31.4 Å². The Morgan fingerprint density at radius 3 is 1.84 bits per heavy atom. The van der Waals surface area contributed by atoms with Crippen molar-refractivity contribution >= 4 is 37.6 Å². The van der Waals surface area contributed by atoms with Gasteiger partial charge in [-0.15, -0.1) is 0 Å². The monoisotopic (exact) mass is 687 g/mol. The van der Waals surface area contributed by atoms with E-state index < -0.39 is 16.0 Å². The molecule has 0 bridgehead atoms. The van der Waals surface area contributed by atoms with E-state index in [9.17, 15) is 18.0 Å². The Morgan fingerprint density at radius 2 is 1.31 bits per heavy atom. The quantitative estimate of drug-likeness (QED) is 0.233. The summed E-state index contributed by atoms with van der Waals surface area (Å²) in [5, 5.41) is 0. The second kappa shape index (κ2) is 11.7. The third-order valence-corrected chi connectivity index (χ3v) is 10.9. The van der Waals surface area contributed by atoms with Crippen molar-refractivity contribution in [3.05, 3.63) is 117 Å². The summed E-state index contributed by atoms with van der Waals surface area (Å²) in [5.74, 6) is -0.281. The van der Waals surface area contributed by atoms with Crippen molar-refractivity contribution in [2.75, 3.05) is 6.54 Å². The van der Waals surface area contributed by atoms with E-state index >= 15 is 0 Å². The van der Waals surface area contributed by atoms with Gasteiger partial charge in [0.2, 0.25) is 0 Å². The van der Waals surface area contributed by atoms with Gasteiger partial charge in [0, 0.05) is 47.8 Å². The number of carbonyl (C=O) groups is 2. The van der Waals surface area contributed by atoms with E-state index in [1.807, 2.05) is 18.2 Å². The molecule has 2 aliphatic carbocycles. The molecule has 0 fully saturated rings. The zero-order valence-electron chi connectivity index (χ0n) is 26.1. The molecule has 8 heteroatoms. The standard InChI is InChI=1S/C37H38BrNO5S/c1-36(2)20-28-34(30(40)22-36)33(25-15-16-32(27(38)19-25)44-45(42,43)26-13-9-6-10-14-26)35-29(21-37(3,4)23-31(35)41)39(28)18-17-24-11-7-5-8-12-24/h5-16,19,33H,17-18,20-23H2,1-4H3. The van der Waals surface area contributed by atoms with Crippen molar-refractivity contribution in [1.29, 1.82) is 0 Å². The van der Waals surface area contributed by atoms with Crippen LogP contribution in [0.4, 0.5) is 0 Å². The normalized spacial score (nSPS) is 19.8. The summed E-state index contributed by atoms with van der Waals surface area (Å²) in [6.45, 7) is 9.21. The number of rotatable bonds is 7. The average Bonchev–Trinajstić information content (AvgIpc) is 2.96. The van der Waals surface area contributed by atoms with Crippen molar-refractivity contribution in [1.82, 2.24) is 4.90 Å². The number of hydrogen-bond donors (Lipinski definition) is 0. The van der Waals surface area contributed by atoms with Gasteiger partial charge in [-0.05, 0) is 81.4 Å². The Morgan fingerprint density at radius 1 is 0.778 bits per heavy atom. The summed E-state index contributed by atoms with van der Waals surface area (Å²) in [4.78, 5) is 30.6. The SMILES string of the molecule is CC1(C)CC(=O)C2=C(C1)N(CCc1ccccc1)C1=C(C(=O)CC(C)(C)C1)C2c1ccc(OS(=O)(=O)c2ccccc2)c(Br)c1. The van der Waals surface area contributed by atoms with Gasteiger partial charge in [0.1, 0.15) is 4.90 Å². The number of hydrogen-bond acceptors (Lipinski definition) is 6. The van der Waals surface area contributed by atoms with Gasteiger partial charge in [-0.1, -0.05) is 82.3 Å². The number of halogens is 1. The van der Waals surface area contributed by atoms with E-state index in [4.69, 9.17) is 4.18 Å². The number of nitrogens with zero attached hydrogens (tertiary/aromatic N) is 1. The second-order valence-electron chi connectivity index (χ2n) is 14.0. The van der Waals surface area contributed by atoms with E-state index in [1.165, 1.54) is 17.7 Å². The molecule has 45 heavy (non-hydrogen) atoms. The third kappa shape index (κ3) is 6.32. The molecule has 1 aliphatic heterocycles. The molecule has 3 aromatic carbocycles. The summed E-state index contributed by atoms with van der Waals surface area (Å²) in [6.07, 6.45) is 3.03. The minimum Gasteiger partial charge on any atom is -0.378 e. The van der Waals surface area contributed by atoms with Gasteiger partial charge >= 0.3 is 10.1 Å². The molecule has 6 rings (SSSR count). The minimum atomic E-state index is -4.06. The molecule has 0 aromatic heterocycles. The molecule has 234 valence electrons. The van der Waals surface area contributed by atoms with Crippen LogP contribution in [0.15, 0.2) is 111 Å². The lowest BCUT2D eigenvalue weighted by Gasteiger charge is -2.49. The molecule has 0 unspecified atom stereocenters. The lowest BCUT2D eigenvalue weighted by atomic mass is 9.63. The van der Waals surface area contributed by atoms with Gasteiger partial charge in [0.15, 0.2) is 17.3 Å². The highest BCUT2D eigenvalue weighted by Gasteiger charge is 2.49. The first kappa shape index (κ1) is 31.5. The summed E-state index contributed by atoms with van der Waals surface area (Å²) in [7, 11) is -4.06. The average molecular weight is 689 g/mol. The number of carbonyl (C=O) groups excluding carboxylic acids is 2. The molecule has 0 saturated heterocycles. The van der Waals surface area contributed by atoms with Crippen LogP contribution in [0, 0.1) is 10.8 Å². The fraction of sp³-hybridized carbons (Fsp3) is 0.351. The highest BCUT2D eigenvalue weighted by atomic mass is 79.9. The molecule has 6 nitrogen and oxygen atoms in total. The Labute approximate surface area is 274 Å². The van der Waals surface area contributed by atoms with Crippen LogP contribution in [0.2, 0.25) is 0 Å². The van der Waals surface area contributed by atoms with Crippen molar-refractivity contribution in [2.45, 2.75) is 70.6 Å². The molecule has 0 saturated carbocycles. The summed E-state index contributed by atoms with van der Waals surface area (Å²) >= 11 is 3.54. The molecule has 1 heterocycles. The van der Waals surface area contributed by atoms with E-state index in [0.717, 1.165) is 36.2 Å². The Hall–Kier alpha value is -3.49. The maximum absolute atomic E-state index is 14.1. The predicted molar refractivity (Wildman–Crippen MR) is 178 cm³/mol. The lowest BCUT2D eigenvalue weighted by Crippen LogP contribution is -2.45. The number of benzene rings is 3. The fourth-order valence-corrected chi connectivity index (χ4v) is 8.61. The van der Waals surface area contributed by atoms with Crippen LogP contribution in [0.5, 0.6) is 5.75 Å². The predicted octanol–water partition coefficient (Wildman–Crippen LogP) is 8.15. The maximum atomic E-state index is 14.1.